The highest BCUT2D eigenvalue weighted by atomic mass is 79.9. The Hall–Kier alpha value is -1.46. The van der Waals surface area contributed by atoms with E-state index in [2.05, 4.69) is 51.8 Å². The van der Waals surface area contributed by atoms with E-state index in [0.717, 1.165) is 31.5 Å². The molecule has 1 aromatic heterocycles. The van der Waals surface area contributed by atoms with Crippen molar-refractivity contribution in [2.75, 3.05) is 0 Å². The second-order valence-corrected chi connectivity index (χ2v) is 7.86. The van der Waals surface area contributed by atoms with Crippen molar-refractivity contribution in [1.29, 1.82) is 0 Å². The van der Waals surface area contributed by atoms with Crippen molar-refractivity contribution >= 4 is 42.8 Å². The van der Waals surface area contributed by atoms with Gasteiger partial charge < -0.3 is 0 Å². The number of aromatic nitrogens is 2. The summed E-state index contributed by atoms with van der Waals surface area (Å²) < 4.78 is 3.68. The summed E-state index contributed by atoms with van der Waals surface area (Å²) in [6, 6.07) is 11.6. The van der Waals surface area contributed by atoms with Crippen LogP contribution in [0.3, 0.4) is 0 Å². The molecule has 1 aliphatic heterocycles. The molecule has 0 bridgehead atoms. The molecule has 0 spiro atoms. The van der Waals surface area contributed by atoms with Crippen LogP contribution in [-0.2, 0) is 5.41 Å². The molecule has 0 fully saturated rings. The largest absolute Gasteiger partial charge is 0.268 e. The van der Waals surface area contributed by atoms with Gasteiger partial charge in [-0.1, -0.05) is 31.9 Å². The lowest BCUT2D eigenvalue weighted by molar-refractivity contribution is 0.610. The molecular formula is C17H12Br2N2O. The fourth-order valence-corrected chi connectivity index (χ4v) is 3.84. The summed E-state index contributed by atoms with van der Waals surface area (Å²) in [5, 5.41) is 0.638. The molecule has 4 rings (SSSR count). The average Bonchev–Trinajstić information content (AvgIpc) is 2.68. The number of rotatable bonds is 0. The maximum absolute atomic E-state index is 13.0. The molecule has 0 atom stereocenters. The van der Waals surface area contributed by atoms with Gasteiger partial charge in [0.1, 0.15) is 5.82 Å². The Kier molecular flexibility index (Phi) is 2.91. The van der Waals surface area contributed by atoms with E-state index in [1.54, 1.807) is 4.57 Å². The molecule has 0 N–H and O–H groups in total. The Bertz CT molecular complexity index is 1010. The number of hydrogen-bond acceptors (Lipinski definition) is 2. The second kappa shape index (κ2) is 4.52. The number of halogens is 2. The van der Waals surface area contributed by atoms with E-state index >= 15 is 0 Å². The van der Waals surface area contributed by atoms with Crippen LogP contribution in [0.2, 0.25) is 0 Å². The number of hydrogen-bond donors (Lipinski definition) is 0. The summed E-state index contributed by atoms with van der Waals surface area (Å²) in [7, 11) is 0. The summed E-state index contributed by atoms with van der Waals surface area (Å²) in [5.41, 5.74) is 2.44. The molecular weight excluding hydrogens is 408 g/mol. The first kappa shape index (κ1) is 14.2. The van der Waals surface area contributed by atoms with Crippen LogP contribution in [-0.4, -0.2) is 9.55 Å². The molecule has 1 aliphatic rings. The fourth-order valence-electron chi connectivity index (χ4n) is 3.13. The van der Waals surface area contributed by atoms with Gasteiger partial charge in [0.15, 0.2) is 0 Å². The molecule has 0 aliphatic carbocycles. The van der Waals surface area contributed by atoms with E-state index < -0.39 is 0 Å². The SMILES string of the molecule is CC1(C)c2cc(Br)ccc2-n2c1nc1cc(Br)ccc1c2=O. The lowest BCUT2D eigenvalue weighted by atomic mass is 9.85. The first-order valence-corrected chi connectivity index (χ1v) is 8.51. The van der Waals surface area contributed by atoms with Crippen LogP contribution in [0.5, 0.6) is 0 Å². The minimum atomic E-state index is -0.311. The van der Waals surface area contributed by atoms with Crippen LogP contribution in [0.25, 0.3) is 16.6 Å². The van der Waals surface area contributed by atoms with Gasteiger partial charge in [-0.2, -0.15) is 0 Å². The van der Waals surface area contributed by atoms with Crippen LogP contribution in [0.1, 0.15) is 25.2 Å². The van der Waals surface area contributed by atoms with E-state index in [1.807, 2.05) is 30.3 Å². The van der Waals surface area contributed by atoms with Crippen molar-refractivity contribution in [2.45, 2.75) is 19.3 Å². The molecule has 0 saturated heterocycles. The van der Waals surface area contributed by atoms with Crippen LogP contribution in [0, 0.1) is 0 Å². The third-order valence-electron chi connectivity index (χ3n) is 4.26. The zero-order valence-corrected chi connectivity index (χ0v) is 15.2. The minimum absolute atomic E-state index is 0.0124. The van der Waals surface area contributed by atoms with Gasteiger partial charge in [-0.25, -0.2) is 4.98 Å². The Morgan fingerprint density at radius 3 is 2.50 bits per heavy atom. The summed E-state index contributed by atoms with van der Waals surface area (Å²) in [6.45, 7) is 4.21. The van der Waals surface area contributed by atoms with Gasteiger partial charge in [0.2, 0.25) is 0 Å². The van der Waals surface area contributed by atoms with Gasteiger partial charge in [0.25, 0.3) is 5.56 Å². The molecule has 2 aromatic carbocycles. The quantitative estimate of drug-likeness (QED) is 0.535. The van der Waals surface area contributed by atoms with Gasteiger partial charge in [-0.15, -0.1) is 0 Å². The summed E-state index contributed by atoms with van der Waals surface area (Å²) in [6.07, 6.45) is 0. The highest BCUT2D eigenvalue weighted by Crippen LogP contribution is 2.42. The Morgan fingerprint density at radius 2 is 1.73 bits per heavy atom. The van der Waals surface area contributed by atoms with Crippen molar-refractivity contribution in [3.05, 3.63) is 67.1 Å². The molecule has 2 heterocycles. The third-order valence-corrected chi connectivity index (χ3v) is 5.25. The Balaban J connectivity index is 2.19. The molecule has 3 nitrogen and oxygen atoms in total. The van der Waals surface area contributed by atoms with Crippen LogP contribution >= 0.6 is 31.9 Å². The van der Waals surface area contributed by atoms with Gasteiger partial charge in [-0.05, 0) is 55.8 Å². The summed E-state index contributed by atoms with van der Waals surface area (Å²) in [5.74, 6) is 0.788. The topological polar surface area (TPSA) is 34.9 Å². The van der Waals surface area contributed by atoms with E-state index in [9.17, 15) is 4.79 Å². The maximum atomic E-state index is 13.0. The predicted octanol–water partition coefficient (Wildman–Crippen LogP) is 4.55. The lowest BCUT2D eigenvalue weighted by Crippen LogP contribution is -2.25. The maximum Gasteiger partial charge on any atom is 0.266 e. The normalized spacial score (nSPS) is 14.9. The highest BCUT2D eigenvalue weighted by molar-refractivity contribution is 9.10. The molecule has 22 heavy (non-hydrogen) atoms. The zero-order valence-electron chi connectivity index (χ0n) is 12.0. The first-order chi connectivity index (χ1) is 10.4. The van der Waals surface area contributed by atoms with Crippen LogP contribution in [0.4, 0.5) is 0 Å². The molecule has 0 saturated carbocycles. The summed E-state index contributed by atoms with van der Waals surface area (Å²) >= 11 is 6.97. The fraction of sp³-hybridized carbons (Fsp3) is 0.176. The van der Waals surface area contributed by atoms with Gasteiger partial charge >= 0.3 is 0 Å². The number of fused-ring (bicyclic) bond motifs is 4. The monoisotopic (exact) mass is 418 g/mol. The van der Waals surface area contributed by atoms with Crippen molar-refractivity contribution in [3.63, 3.8) is 0 Å². The van der Waals surface area contributed by atoms with E-state index in [4.69, 9.17) is 4.98 Å². The molecule has 0 unspecified atom stereocenters. The third kappa shape index (κ3) is 1.78. The lowest BCUT2D eigenvalue weighted by Gasteiger charge is -2.19. The first-order valence-electron chi connectivity index (χ1n) is 6.93. The smallest absolute Gasteiger partial charge is 0.266 e. The zero-order chi connectivity index (χ0) is 15.6. The van der Waals surface area contributed by atoms with E-state index in [1.165, 1.54) is 0 Å². The van der Waals surface area contributed by atoms with Crippen molar-refractivity contribution in [3.8, 4) is 5.69 Å². The van der Waals surface area contributed by atoms with Gasteiger partial charge in [-0.3, -0.25) is 9.36 Å². The summed E-state index contributed by atoms with van der Waals surface area (Å²) in [4.78, 5) is 17.8. The predicted molar refractivity (Wildman–Crippen MR) is 94.9 cm³/mol. The second-order valence-electron chi connectivity index (χ2n) is 6.02. The van der Waals surface area contributed by atoms with Gasteiger partial charge in [0.05, 0.1) is 22.0 Å². The molecule has 5 heteroatoms. The van der Waals surface area contributed by atoms with Crippen molar-refractivity contribution in [1.82, 2.24) is 9.55 Å². The van der Waals surface area contributed by atoms with E-state index in [-0.39, 0.29) is 11.0 Å². The van der Waals surface area contributed by atoms with Gasteiger partial charge in [0, 0.05) is 8.95 Å². The molecule has 110 valence electrons. The van der Waals surface area contributed by atoms with Crippen molar-refractivity contribution in [2.24, 2.45) is 0 Å². The van der Waals surface area contributed by atoms with Crippen LogP contribution < -0.4 is 5.56 Å². The Morgan fingerprint density at radius 1 is 1.05 bits per heavy atom. The van der Waals surface area contributed by atoms with E-state index in [0.29, 0.717) is 5.39 Å². The number of benzene rings is 2. The minimum Gasteiger partial charge on any atom is -0.268 e. The number of nitrogens with zero attached hydrogens (tertiary/aromatic N) is 2. The van der Waals surface area contributed by atoms with Crippen LogP contribution in [0.15, 0.2) is 50.1 Å². The van der Waals surface area contributed by atoms with Crippen molar-refractivity contribution < 1.29 is 0 Å². The highest BCUT2D eigenvalue weighted by Gasteiger charge is 2.38. The Labute approximate surface area is 144 Å². The standard InChI is InChI=1S/C17H12Br2N2O/c1-17(2)12-7-9(18)4-6-14(12)21-15(22)11-5-3-10(19)8-13(11)20-16(17)21/h3-8H,1-2H3. The molecule has 0 radical (unpaired) electrons. The molecule has 3 aromatic rings. The molecule has 0 amide bonds. The average molecular weight is 420 g/mol.